The molecule has 1 saturated heterocycles. The van der Waals surface area contributed by atoms with E-state index in [9.17, 15) is 5.11 Å². The highest BCUT2D eigenvalue weighted by Gasteiger charge is 2.25. The second kappa shape index (κ2) is 7.55. The molecule has 2 unspecified atom stereocenters. The fraction of sp³-hybridized carbons (Fsp3) is 1.00. The zero-order chi connectivity index (χ0) is 10.2. The van der Waals surface area contributed by atoms with Gasteiger partial charge in [0, 0.05) is 18.1 Å². The maximum absolute atomic E-state index is 9.48. The van der Waals surface area contributed by atoms with Crippen LogP contribution >= 0.6 is 11.8 Å². The lowest BCUT2D eigenvalue weighted by Crippen LogP contribution is -2.27. The second-order valence-electron chi connectivity index (χ2n) is 3.93. The van der Waals surface area contributed by atoms with E-state index in [1.807, 2.05) is 0 Å². The van der Waals surface area contributed by atoms with Gasteiger partial charge in [-0.1, -0.05) is 32.6 Å². The fourth-order valence-corrected chi connectivity index (χ4v) is 2.77. The third-order valence-electron chi connectivity index (χ3n) is 2.58. The van der Waals surface area contributed by atoms with Crippen LogP contribution in [0.2, 0.25) is 0 Å². The molecule has 0 aromatic heterocycles. The number of rotatable bonds is 7. The van der Waals surface area contributed by atoms with E-state index in [-0.39, 0.29) is 12.2 Å². The molecule has 1 fully saturated rings. The summed E-state index contributed by atoms with van der Waals surface area (Å²) in [4.78, 5) is 0. The Kier molecular flexibility index (Phi) is 6.65. The monoisotopic (exact) mass is 218 g/mol. The van der Waals surface area contributed by atoms with Crippen LogP contribution in [0.1, 0.15) is 39.0 Å². The summed E-state index contributed by atoms with van der Waals surface area (Å²) in [6.07, 6.45) is 6.24. The SMILES string of the molecule is CCCCCCCOC1CSCC1O. The summed E-state index contributed by atoms with van der Waals surface area (Å²) < 4.78 is 5.62. The van der Waals surface area contributed by atoms with E-state index in [0.29, 0.717) is 0 Å². The van der Waals surface area contributed by atoms with Crippen molar-refractivity contribution in [3.05, 3.63) is 0 Å². The van der Waals surface area contributed by atoms with Gasteiger partial charge in [0.15, 0.2) is 0 Å². The molecule has 1 aliphatic heterocycles. The lowest BCUT2D eigenvalue weighted by Gasteiger charge is -2.14. The summed E-state index contributed by atoms with van der Waals surface area (Å²) >= 11 is 1.79. The van der Waals surface area contributed by atoms with Gasteiger partial charge in [0.1, 0.15) is 0 Å². The van der Waals surface area contributed by atoms with Crippen LogP contribution in [-0.4, -0.2) is 35.4 Å². The van der Waals surface area contributed by atoms with Crippen LogP contribution < -0.4 is 0 Å². The Bertz CT molecular complexity index is 141. The largest absolute Gasteiger partial charge is 0.390 e. The first kappa shape index (κ1) is 12.3. The Morgan fingerprint density at radius 3 is 2.64 bits per heavy atom. The Morgan fingerprint density at radius 2 is 2.00 bits per heavy atom. The van der Waals surface area contributed by atoms with Gasteiger partial charge in [-0.05, 0) is 6.42 Å². The second-order valence-corrected chi connectivity index (χ2v) is 5.00. The minimum Gasteiger partial charge on any atom is -0.390 e. The lowest BCUT2D eigenvalue weighted by molar-refractivity contribution is -0.00893. The quantitative estimate of drug-likeness (QED) is 0.666. The minimum absolute atomic E-state index is 0.103. The van der Waals surface area contributed by atoms with Crippen molar-refractivity contribution in [3.63, 3.8) is 0 Å². The van der Waals surface area contributed by atoms with Gasteiger partial charge in [-0.15, -0.1) is 0 Å². The van der Waals surface area contributed by atoms with E-state index in [0.717, 1.165) is 24.5 Å². The van der Waals surface area contributed by atoms with Gasteiger partial charge in [0.25, 0.3) is 0 Å². The van der Waals surface area contributed by atoms with Crippen molar-refractivity contribution in [3.8, 4) is 0 Å². The summed E-state index contributed by atoms with van der Waals surface area (Å²) in [6.45, 7) is 3.05. The zero-order valence-electron chi connectivity index (χ0n) is 9.08. The molecular formula is C11H22O2S. The van der Waals surface area contributed by atoms with Crippen molar-refractivity contribution >= 4 is 11.8 Å². The normalized spacial score (nSPS) is 27.0. The van der Waals surface area contributed by atoms with Crippen molar-refractivity contribution in [2.45, 2.75) is 51.2 Å². The van der Waals surface area contributed by atoms with E-state index in [1.54, 1.807) is 11.8 Å². The molecule has 0 radical (unpaired) electrons. The van der Waals surface area contributed by atoms with Crippen molar-refractivity contribution in [1.29, 1.82) is 0 Å². The average molecular weight is 218 g/mol. The Hall–Kier alpha value is 0.270. The predicted octanol–water partition coefficient (Wildman–Crippen LogP) is 2.45. The van der Waals surface area contributed by atoms with Gasteiger partial charge >= 0.3 is 0 Å². The number of aliphatic hydroxyl groups is 1. The van der Waals surface area contributed by atoms with Gasteiger partial charge in [0.05, 0.1) is 12.2 Å². The molecule has 1 N–H and O–H groups in total. The highest BCUT2D eigenvalue weighted by Crippen LogP contribution is 2.21. The number of hydrogen-bond donors (Lipinski definition) is 1. The van der Waals surface area contributed by atoms with Crippen molar-refractivity contribution in [1.82, 2.24) is 0 Å². The molecular weight excluding hydrogens is 196 g/mol. The van der Waals surface area contributed by atoms with Crippen molar-refractivity contribution in [2.75, 3.05) is 18.1 Å². The molecule has 1 rings (SSSR count). The summed E-state index contributed by atoms with van der Waals surface area (Å²) in [6, 6.07) is 0. The third-order valence-corrected chi connectivity index (χ3v) is 3.72. The number of thioether (sulfide) groups is 1. The van der Waals surface area contributed by atoms with Gasteiger partial charge in [-0.25, -0.2) is 0 Å². The molecule has 1 aliphatic rings. The Labute approximate surface area is 91.4 Å². The molecule has 1 heterocycles. The molecule has 0 spiro atoms. The molecule has 0 amide bonds. The number of hydrogen-bond acceptors (Lipinski definition) is 3. The van der Waals surface area contributed by atoms with Crippen molar-refractivity contribution in [2.24, 2.45) is 0 Å². The predicted molar refractivity (Wildman–Crippen MR) is 61.8 cm³/mol. The standard InChI is InChI=1S/C11H22O2S/c1-2-3-4-5-6-7-13-11-9-14-8-10(11)12/h10-12H,2-9H2,1H3. The number of unbranched alkanes of at least 4 members (excludes halogenated alkanes) is 4. The van der Waals surface area contributed by atoms with Gasteiger partial charge < -0.3 is 9.84 Å². The first-order valence-electron chi connectivity index (χ1n) is 5.72. The van der Waals surface area contributed by atoms with Crippen LogP contribution in [0.15, 0.2) is 0 Å². The Morgan fingerprint density at radius 1 is 1.21 bits per heavy atom. The molecule has 0 bridgehead atoms. The molecule has 0 saturated carbocycles. The molecule has 0 aromatic carbocycles. The summed E-state index contributed by atoms with van der Waals surface area (Å²) in [5.41, 5.74) is 0. The summed E-state index contributed by atoms with van der Waals surface area (Å²) in [7, 11) is 0. The highest BCUT2D eigenvalue weighted by molar-refractivity contribution is 7.99. The maximum Gasteiger partial charge on any atom is 0.0932 e. The van der Waals surface area contributed by atoms with E-state index < -0.39 is 0 Å². The number of ether oxygens (including phenoxy) is 1. The van der Waals surface area contributed by atoms with Crippen LogP contribution in [0.3, 0.4) is 0 Å². The van der Waals surface area contributed by atoms with Crippen LogP contribution in [-0.2, 0) is 4.74 Å². The third kappa shape index (κ3) is 4.67. The van der Waals surface area contributed by atoms with Crippen LogP contribution in [0.5, 0.6) is 0 Å². The van der Waals surface area contributed by atoms with E-state index in [1.165, 1.54) is 25.7 Å². The minimum atomic E-state index is -0.226. The summed E-state index contributed by atoms with van der Waals surface area (Å²) in [5, 5.41) is 9.48. The molecule has 0 aliphatic carbocycles. The smallest absolute Gasteiger partial charge is 0.0932 e. The van der Waals surface area contributed by atoms with Gasteiger partial charge in [-0.2, -0.15) is 11.8 Å². The lowest BCUT2D eigenvalue weighted by atomic mass is 10.2. The average Bonchev–Trinajstić information content (AvgIpc) is 2.58. The molecule has 2 atom stereocenters. The van der Waals surface area contributed by atoms with Crippen LogP contribution in [0.25, 0.3) is 0 Å². The number of aliphatic hydroxyl groups excluding tert-OH is 1. The van der Waals surface area contributed by atoms with Gasteiger partial charge in [0.2, 0.25) is 0 Å². The maximum atomic E-state index is 9.48. The van der Waals surface area contributed by atoms with Crippen molar-refractivity contribution < 1.29 is 9.84 Å². The van der Waals surface area contributed by atoms with Crippen LogP contribution in [0, 0.1) is 0 Å². The molecule has 84 valence electrons. The van der Waals surface area contributed by atoms with E-state index in [4.69, 9.17) is 4.74 Å². The molecule has 14 heavy (non-hydrogen) atoms. The molecule has 2 nitrogen and oxygen atoms in total. The van der Waals surface area contributed by atoms with Gasteiger partial charge in [-0.3, -0.25) is 0 Å². The fourth-order valence-electron chi connectivity index (χ4n) is 1.62. The topological polar surface area (TPSA) is 29.5 Å². The van der Waals surface area contributed by atoms with E-state index >= 15 is 0 Å². The van der Waals surface area contributed by atoms with Crippen LogP contribution in [0.4, 0.5) is 0 Å². The Balaban J connectivity index is 1.88. The summed E-state index contributed by atoms with van der Waals surface area (Å²) in [5.74, 6) is 1.82. The first-order valence-corrected chi connectivity index (χ1v) is 6.87. The molecule has 0 aromatic rings. The highest BCUT2D eigenvalue weighted by atomic mass is 32.2. The first-order chi connectivity index (χ1) is 6.84. The van der Waals surface area contributed by atoms with E-state index in [2.05, 4.69) is 6.92 Å². The zero-order valence-corrected chi connectivity index (χ0v) is 9.89. The molecule has 3 heteroatoms.